The highest BCUT2D eigenvalue weighted by molar-refractivity contribution is 5.83. The minimum absolute atomic E-state index is 0.0233. The van der Waals surface area contributed by atoms with Crippen molar-refractivity contribution in [3.05, 3.63) is 93.4 Å². The Balaban J connectivity index is 1.99. The monoisotopic (exact) mass is 344 g/mol. The number of nitro benzene ring substituents is 1. The molecule has 126 valence electrons. The third-order valence-corrected chi connectivity index (χ3v) is 3.58. The number of non-ortho nitro benzene ring substituents is 1. The number of hydrogen-bond donors (Lipinski definition) is 0. The first-order valence-corrected chi connectivity index (χ1v) is 7.59. The van der Waals surface area contributed by atoms with Gasteiger partial charge in [0.2, 0.25) is 0 Å². The van der Waals surface area contributed by atoms with Gasteiger partial charge in [-0.2, -0.15) is 10.2 Å². The first kappa shape index (κ1) is 16.8. The Morgan fingerprint density at radius 1 is 0.885 bits per heavy atom. The van der Waals surface area contributed by atoms with Gasteiger partial charge >= 0.3 is 0 Å². The molecule has 0 unspecified atom stereocenters. The normalized spacial score (nSPS) is 10.5. The van der Waals surface area contributed by atoms with E-state index in [-0.39, 0.29) is 5.69 Å². The van der Waals surface area contributed by atoms with E-state index in [9.17, 15) is 10.1 Å². The van der Waals surface area contributed by atoms with Crippen molar-refractivity contribution in [2.24, 2.45) is 15.3 Å². The Hall–Kier alpha value is -4.03. The molecule has 0 bridgehead atoms. The molecular formula is C18H12N6O2. The number of hydrogen-bond acceptors (Lipinski definition) is 5. The zero-order chi connectivity index (χ0) is 18.4. The Bertz CT molecular complexity index is 1010. The zero-order valence-electron chi connectivity index (χ0n) is 13.4. The Morgan fingerprint density at radius 2 is 1.62 bits per heavy atom. The van der Waals surface area contributed by atoms with E-state index in [1.807, 2.05) is 36.4 Å². The van der Waals surface area contributed by atoms with Crippen LogP contribution in [0.3, 0.4) is 0 Å². The van der Waals surface area contributed by atoms with Crippen molar-refractivity contribution >= 4 is 22.7 Å². The van der Waals surface area contributed by atoms with E-state index in [1.54, 1.807) is 12.1 Å². The van der Waals surface area contributed by atoms with Crippen LogP contribution in [0.5, 0.6) is 0 Å². The van der Waals surface area contributed by atoms with Crippen molar-refractivity contribution in [1.29, 1.82) is 0 Å². The minimum Gasteiger partial charge on any atom is -0.258 e. The van der Waals surface area contributed by atoms with Gasteiger partial charge in [0, 0.05) is 17.0 Å². The van der Waals surface area contributed by atoms with Gasteiger partial charge in [0.15, 0.2) is 0 Å². The van der Waals surface area contributed by atoms with Crippen molar-refractivity contribution in [1.82, 2.24) is 0 Å². The molecule has 0 aliphatic carbocycles. The van der Waals surface area contributed by atoms with Crippen molar-refractivity contribution in [2.45, 2.75) is 0 Å². The molecule has 0 radical (unpaired) electrons. The van der Waals surface area contributed by atoms with Gasteiger partial charge in [-0.15, -0.1) is 0 Å². The number of azide groups is 1. The van der Waals surface area contributed by atoms with Crippen LogP contribution in [0.15, 0.2) is 88.1 Å². The Kier molecular flexibility index (Phi) is 4.98. The third kappa shape index (κ3) is 3.72. The predicted molar refractivity (Wildman–Crippen MR) is 98.0 cm³/mol. The van der Waals surface area contributed by atoms with Gasteiger partial charge in [-0.1, -0.05) is 47.6 Å². The van der Waals surface area contributed by atoms with E-state index < -0.39 is 4.92 Å². The van der Waals surface area contributed by atoms with Crippen LogP contribution in [0.1, 0.15) is 0 Å². The summed E-state index contributed by atoms with van der Waals surface area (Å²) in [6.07, 6.45) is 0. The number of nitro groups is 1. The quantitative estimate of drug-likeness (QED) is 0.170. The summed E-state index contributed by atoms with van der Waals surface area (Å²) in [5.41, 5.74) is 11.7. The molecule has 0 amide bonds. The lowest BCUT2D eigenvalue weighted by molar-refractivity contribution is -0.384. The largest absolute Gasteiger partial charge is 0.269 e. The number of nitrogens with zero attached hydrogens (tertiary/aromatic N) is 6. The smallest absolute Gasteiger partial charge is 0.258 e. The summed E-state index contributed by atoms with van der Waals surface area (Å²) in [5, 5.41) is 22.7. The summed E-state index contributed by atoms with van der Waals surface area (Å²) >= 11 is 0. The van der Waals surface area contributed by atoms with Gasteiger partial charge in [-0.3, -0.25) is 10.1 Å². The van der Waals surface area contributed by atoms with Gasteiger partial charge in [0.05, 0.1) is 22.0 Å². The summed E-state index contributed by atoms with van der Waals surface area (Å²) in [5.74, 6) is 0. The van der Waals surface area contributed by atoms with E-state index in [0.29, 0.717) is 17.1 Å². The van der Waals surface area contributed by atoms with Crippen LogP contribution in [-0.2, 0) is 0 Å². The maximum Gasteiger partial charge on any atom is 0.269 e. The average Bonchev–Trinajstić information content (AvgIpc) is 2.68. The lowest BCUT2D eigenvalue weighted by Crippen LogP contribution is -1.85. The maximum atomic E-state index is 10.7. The SMILES string of the molecule is [N-]=[N+]=Nc1c(N=Nc2ccc([N+](=O)[O-])cc2)cccc1-c1ccccc1. The van der Waals surface area contributed by atoms with Crippen molar-refractivity contribution in [3.8, 4) is 11.1 Å². The highest BCUT2D eigenvalue weighted by atomic mass is 16.6. The molecule has 0 atom stereocenters. The molecular weight excluding hydrogens is 332 g/mol. The van der Waals surface area contributed by atoms with Gasteiger partial charge in [-0.25, -0.2) is 0 Å². The second-order valence-corrected chi connectivity index (χ2v) is 5.20. The van der Waals surface area contributed by atoms with Gasteiger partial charge in [-0.05, 0) is 34.9 Å². The summed E-state index contributed by atoms with van der Waals surface area (Å²) in [7, 11) is 0. The molecule has 0 saturated carbocycles. The molecule has 26 heavy (non-hydrogen) atoms. The van der Waals surface area contributed by atoms with Crippen LogP contribution in [0.25, 0.3) is 21.6 Å². The first-order chi connectivity index (χ1) is 12.7. The fourth-order valence-electron chi connectivity index (χ4n) is 2.37. The second-order valence-electron chi connectivity index (χ2n) is 5.20. The number of azo groups is 1. The predicted octanol–water partition coefficient (Wildman–Crippen LogP) is 6.62. The molecule has 0 heterocycles. The van der Waals surface area contributed by atoms with Crippen LogP contribution in [-0.4, -0.2) is 4.92 Å². The van der Waals surface area contributed by atoms with E-state index in [4.69, 9.17) is 5.53 Å². The van der Waals surface area contributed by atoms with Gasteiger partial charge < -0.3 is 0 Å². The number of rotatable bonds is 5. The summed E-state index contributed by atoms with van der Waals surface area (Å²) < 4.78 is 0. The van der Waals surface area contributed by atoms with Gasteiger partial charge in [0.25, 0.3) is 5.69 Å². The van der Waals surface area contributed by atoms with Crippen LogP contribution in [0.4, 0.5) is 22.7 Å². The molecule has 3 aromatic rings. The molecule has 0 spiro atoms. The average molecular weight is 344 g/mol. The Labute approximate surface area is 148 Å². The molecule has 0 saturated heterocycles. The number of benzene rings is 3. The molecule has 0 aliphatic heterocycles. The highest BCUT2D eigenvalue weighted by Gasteiger charge is 2.09. The lowest BCUT2D eigenvalue weighted by Gasteiger charge is -2.07. The molecule has 0 aromatic heterocycles. The van der Waals surface area contributed by atoms with Crippen LogP contribution in [0, 0.1) is 10.1 Å². The van der Waals surface area contributed by atoms with Crippen LogP contribution < -0.4 is 0 Å². The summed E-state index contributed by atoms with van der Waals surface area (Å²) in [6.45, 7) is 0. The summed E-state index contributed by atoms with van der Waals surface area (Å²) in [4.78, 5) is 13.1. The fraction of sp³-hybridized carbons (Fsp3) is 0. The van der Waals surface area contributed by atoms with E-state index >= 15 is 0 Å². The first-order valence-electron chi connectivity index (χ1n) is 7.59. The van der Waals surface area contributed by atoms with E-state index in [1.165, 1.54) is 24.3 Å². The van der Waals surface area contributed by atoms with Crippen molar-refractivity contribution < 1.29 is 4.92 Å². The zero-order valence-corrected chi connectivity index (χ0v) is 13.4. The fourth-order valence-corrected chi connectivity index (χ4v) is 2.37. The topological polar surface area (TPSA) is 117 Å². The molecule has 8 nitrogen and oxygen atoms in total. The van der Waals surface area contributed by atoms with Crippen molar-refractivity contribution in [2.75, 3.05) is 0 Å². The highest BCUT2D eigenvalue weighted by Crippen LogP contribution is 2.39. The summed E-state index contributed by atoms with van der Waals surface area (Å²) in [6, 6.07) is 20.5. The molecule has 0 fully saturated rings. The van der Waals surface area contributed by atoms with E-state index in [0.717, 1.165) is 11.1 Å². The third-order valence-electron chi connectivity index (χ3n) is 3.58. The van der Waals surface area contributed by atoms with Gasteiger partial charge in [0.1, 0.15) is 0 Å². The van der Waals surface area contributed by atoms with E-state index in [2.05, 4.69) is 20.3 Å². The standard InChI is InChI=1S/C18H12N6O2/c19-23-22-18-16(13-5-2-1-3-6-13)7-4-8-17(18)21-20-14-9-11-15(12-10-14)24(25)26/h1-12H. The molecule has 3 aromatic carbocycles. The molecule has 0 N–H and O–H groups in total. The molecule has 0 aliphatic rings. The minimum atomic E-state index is -0.482. The van der Waals surface area contributed by atoms with Crippen LogP contribution in [0.2, 0.25) is 0 Å². The molecule has 3 rings (SSSR count). The Morgan fingerprint density at radius 3 is 2.27 bits per heavy atom. The lowest BCUT2D eigenvalue weighted by atomic mass is 10.0. The second kappa shape index (κ2) is 7.69. The molecule has 8 heteroatoms. The maximum absolute atomic E-state index is 10.7. The van der Waals surface area contributed by atoms with Crippen LogP contribution >= 0.6 is 0 Å². The van der Waals surface area contributed by atoms with Crippen molar-refractivity contribution in [3.63, 3.8) is 0 Å².